The van der Waals surface area contributed by atoms with Crippen LogP contribution in [0.5, 0.6) is 11.5 Å². The van der Waals surface area contributed by atoms with E-state index in [4.69, 9.17) is 18.9 Å². The zero-order valence-corrected chi connectivity index (χ0v) is 16.5. The lowest BCUT2D eigenvalue weighted by Gasteiger charge is -2.11. The summed E-state index contributed by atoms with van der Waals surface area (Å²) < 4.78 is 20.4. The van der Waals surface area contributed by atoms with Gasteiger partial charge < -0.3 is 24.3 Å². The molecule has 0 spiro atoms. The molecule has 1 N–H and O–H groups in total. The summed E-state index contributed by atoms with van der Waals surface area (Å²) in [5.74, 6) is -0.513. The smallest absolute Gasteiger partial charge is 0.338 e. The highest BCUT2D eigenvalue weighted by Gasteiger charge is 2.16. The molecule has 0 bridgehead atoms. The average Bonchev–Trinajstić information content (AvgIpc) is 2.72. The van der Waals surface area contributed by atoms with Crippen molar-refractivity contribution in [2.45, 2.75) is 13.8 Å². The monoisotopic (exact) mass is 401 g/mol. The average molecular weight is 401 g/mol. The molecule has 0 saturated carbocycles. The van der Waals surface area contributed by atoms with Gasteiger partial charge in [-0.1, -0.05) is 0 Å². The molecule has 1 amide bonds. The number of carbonyl (C=O) groups excluding carboxylic acids is 3. The van der Waals surface area contributed by atoms with Crippen LogP contribution in [0.25, 0.3) is 0 Å². The quantitative estimate of drug-likeness (QED) is 0.645. The molecule has 8 heteroatoms. The maximum absolute atomic E-state index is 12.2. The van der Waals surface area contributed by atoms with E-state index >= 15 is 0 Å². The van der Waals surface area contributed by atoms with Crippen molar-refractivity contribution in [2.24, 2.45) is 0 Å². The van der Waals surface area contributed by atoms with Gasteiger partial charge in [0.2, 0.25) is 0 Å². The molecule has 2 rings (SSSR count). The third kappa shape index (κ3) is 6.53. The van der Waals surface area contributed by atoms with Crippen LogP contribution < -0.4 is 14.8 Å². The summed E-state index contributed by atoms with van der Waals surface area (Å²) in [6.07, 6.45) is 0. The highest BCUT2D eigenvalue weighted by atomic mass is 16.5. The number of carbonyl (C=O) groups is 3. The van der Waals surface area contributed by atoms with E-state index in [9.17, 15) is 14.4 Å². The third-order valence-corrected chi connectivity index (χ3v) is 3.67. The molecule has 154 valence electrons. The fraction of sp³-hybridized carbons (Fsp3) is 0.286. The highest BCUT2D eigenvalue weighted by Crippen LogP contribution is 2.19. The van der Waals surface area contributed by atoms with Gasteiger partial charge in [-0.05, 0) is 56.3 Å². The topological polar surface area (TPSA) is 100 Å². The Hall–Kier alpha value is -3.55. The van der Waals surface area contributed by atoms with Crippen molar-refractivity contribution < 1.29 is 33.3 Å². The summed E-state index contributed by atoms with van der Waals surface area (Å²) in [5, 5.41) is 2.61. The maximum atomic E-state index is 12.2. The summed E-state index contributed by atoms with van der Waals surface area (Å²) in [7, 11) is 1.55. The van der Waals surface area contributed by atoms with Crippen molar-refractivity contribution in [3.63, 3.8) is 0 Å². The van der Waals surface area contributed by atoms with Gasteiger partial charge in [0.05, 0.1) is 31.5 Å². The van der Waals surface area contributed by atoms with Crippen molar-refractivity contribution in [1.29, 1.82) is 0 Å². The van der Waals surface area contributed by atoms with Gasteiger partial charge in [-0.3, -0.25) is 4.79 Å². The van der Waals surface area contributed by atoms with Gasteiger partial charge in [-0.15, -0.1) is 0 Å². The second-order valence-corrected chi connectivity index (χ2v) is 5.75. The Morgan fingerprint density at radius 2 is 1.34 bits per heavy atom. The van der Waals surface area contributed by atoms with Crippen LogP contribution in [0.1, 0.15) is 34.6 Å². The van der Waals surface area contributed by atoms with E-state index in [2.05, 4.69) is 5.32 Å². The maximum Gasteiger partial charge on any atom is 0.338 e. The number of amides is 1. The molecule has 0 radical (unpaired) electrons. The molecule has 8 nitrogen and oxygen atoms in total. The lowest BCUT2D eigenvalue weighted by atomic mass is 10.1. The lowest BCUT2D eigenvalue weighted by Crippen LogP contribution is -2.21. The number of benzene rings is 2. The Morgan fingerprint density at radius 3 is 1.83 bits per heavy atom. The van der Waals surface area contributed by atoms with Crippen molar-refractivity contribution in [2.75, 3.05) is 32.2 Å². The first-order valence-electron chi connectivity index (χ1n) is 9.02. The first-order valence-corrected chi connectivity index (χ1v) is 9.02. The zero-order valence-electron chi connectivity index (χ0n) is 16.5. The Labute approximate surface area is 168 Å². The second kappa shape index (κ2) is 10.7. The van der Waals surface area contributed by atoms with E-state index < -0.39 is 17.8 Å². The number of anilines is 1. The van der Waals surface area contributed by atoms with Crippen LogP contribution in [0.2, 0.25) is 0 Å². The molecule has 29 heavy (non-hydrogen) atoms. The third-order valence-electron chi connectivity index (χ3n) is 3.67. The Morgan fingerprint density at radius 1 is 0.828 bits per heavy atom. The standard InChI is InChI=1S/C21H23NO7/c1-4-27-20(24)14-10-15(21(25)28-5-2)12-16(11-14)22-19(23)13-29-18-8-6-17(26-3)7-9-18/h6-12H,4-5,13H2,1-3H3,(H,22,23). The van der Waals surface area contributed by atoms with Crippen LogP contribution in [0.15, 0.2) is 42.5 Å². The van der Waals surface area contributed by atoms with Gasteiger partial charge in [0, 0.05) is 5.69 Å². The number of esters is 2. The summed E-state index contributed by atoms with van der Waals surface area (Å²) >= 11 is 0. The number of methoxy groups -OCH3 is 1. The predicted molar refractivity (Wildman–Crippen MR) is 105 cm³/mol. The van der Waals surface area contributed by atoms with Crippen molar-refractivity contribution >= 4 is 23.5 Å². The van der Waals surface area contributed by atoms with Crippen LogP contribution in [0.4, 0.5) is 5.69 Å². The van der Waals surface area contributed by atoms with Crippen LogP contribution in [0, 0.1) is 0 Å². The predicted octanol–water partition coefficient (Wildman–Crippen LogP) is 3.07. The summed E-state index contributed by atoms with van der Waals surface area (Å²) in [6.45, 7) is 3.45. The molecule has 0 saturated heterocycles. The van der Waals surface area contributed by atoms with Crippen molar-refractivity contribution in [3.8, 4) is 11.5 Å². The van der Waals surface area contributed by atoms with Crippen molar-refractivity contribution in [3.05, 3.63) is 53.6 Å². The minimum absolute atomic E-state index is 0.128. The van der Waals surface area contributed by atoms with Crippen LogP contribution in [0.3, 0.4) is 0 Å². The van der Waals surface area contributed by atoms with Gasteiger partial charge in [0.1, 0.15) is 11.5 Å². The minimum Gasteiger partial charge on any atom is -0.497 e. The number of hydrogen-bond donors (Lipinski definition) is 1. The van der Waals surface area contributed by atoms with E-state index in [1.165, 1.54) is 18.2 Å². The molecule has 0 unspecified atom stereocenters. The number of ether oxygens (including phenoxy) is 4. The largest absolute Gasteiger partial charge is 0.497 e. The molecule has 0 aliphatic carbocycles. The van der Waals surface area contributed by atoms with Crippen molar-refractivity contribution in [1.82, 2.24) is 0 Å². The summed E-state index contributed by atoms with van der Waals surface area (Å²) in [6, 6.07) is 11.0. The zero-order chi connectivity index (χ0) is 21.2. The van der Waals surface area contributed by atoms with Crippen LogP contribution in [-0.2, 0) is 14.3 Å². The SMILES string of the molecule is CCOC(=O)c1cc(NC(=O)COc2ccc(OC)cc2)cc(C(=O)OCC)c1. The number of hydrogen-bond acceptors (Lipinski definition) is 7. The van der Waals surface area contributed by atoms with E-state index in [1.807, 2.05) is 0 Å². The molecular formula is C21H23NO7. The van der Waals surface area contributed by atoms with E-state index in [0.29, 0.717) is 11.5 Å². The second-order valence-electron chi connectivity index (χ2n) is 5.75. The fourth-order valence-electron chi connectivity index (χ4n) is 2.38. The minimum atomic E-state index is -0.608. The molecule has 2 aromatic carbocycles. The highest BCUT2D eigenvalue weighted by molar-refractivity contribution is 5.99. The van der Waals surface area contributed by atoms with Gasteiger partial charge in [0.25, 0.3) is 5.91 Å². The van der Waals surface area contributed by atoms with E-state index in [0.717, 1.165) is 0 Å². The molecule has 0 fully saturated rings. The fourth-order valence-corrected chi connectivity index (χ4v) is 2.38. The molecule has 2 aromatic rings. The molecule has 0 aliphatic heterocycles. The first kappa shape index (κ1) is 21.7. The number of nitrogens with one attached hydrogen (secondary N) is 1. The Kier molecular flexibility index (Phi) is 8.02. The van der Waals surface area contributed by atoms with Gasteiger partial charge >= 0.3 is 11.9 Å². The van der Waals surface area contributed by atoms with E-state index in [-0.39, 0.29) is 36.6 Å². The summed E-state index contributed by atoms with van der Waals surface area (Å²) in [4.78, 5) is 36.3. The molecule has 0 aromatic heterocycles. The van der Waals surface area contributed by atoms with Gasteiger partial charge in [-0.2, -0.15) is 0 Å². The molecule has 0 aliphatic rings. The molecule has 0 atom stereocenters. The van der Waals surface area contributed by atoms with Gasteiger partial charge in [-0.25, -0.2) is 9.59 Å². The van der Waals surface area contributed by atoms with Crippen LogP contribution in [-0.4, -0.2) is 44.8 Å². The summed E-state index contributed by atoms with van der Waals surface area (Å²) in [5.41, 5.74) is 0.509. The lowest BCUT2D eigenvalue weighted by molar-refractivity contribution is -0.118. The normalized spacial score (nSPS) is 10.0. The Bertz CT molecular complexity index is 826. The Balaban J connectivity index is 2.10. The first-order chi connectivity index (χ1) is 14.0. The van der Waals surface area contributed by atoms with E-state index in [1.54, 1.807) is 45.2 Å². The molecular weight excluding hydrogens is 378 g/mol. The molecule has 0 heterocycles. The van der Waals surface area contributed by atoms with Crippen LogP contribution >= 0.6 is 0 Å². The van der Waals surface area contributed by atoms with Gasteiger partial charge in [0.15, 0.2) is 6.61 Å². The number of rotatable bonds is 9.